The van der Waals surface area contributed by atoms with Crippen LogP contribution in [0, 0.1) is 17.8 Å². The minimum absolute atomic E-state index is 0.00403. The lowest BCUT2D eigenvalue weighted by Crippen LogP contribution is -2.35. The summed E-state index contributed by atoms with van der Waals surface area (Å²) in [5, 5.41) is 9.72. The zero-order valence-electron chi connectivity index (χ0n) is 8.00. The lowest BCUT2D eigenvalue weighted by Gasteiger charge is -2.40. The molecule has 0 spiro atoms. The van der Waals surface area contributed by atoms with Crippen LogP contribution in [0.1, 0.15) is 45.4 Å². The Hall–Kier alpha value is -0.0400. The number of aliphatic hydroxyl groups is 1. The van der Waals surface area contributed by atoms with Gasteiger partial charge in [-0.1, -0.05) is 32.6 Å². The van der Waals surface area contributed by atoms with Crippen LogP contribution in [-0.4, -0.2) is 11.2 Å². The molecule has 0 aromatic carbocycles. The maximum Gasteiger partial charge on any atom is 0.0568 e. The zero-order chi connectivity index (χ0) is 8.55. The Morgan fingerprint density at radius 1 is 1.00 bits per heavy atom. The number of fused-ring (bicyclic) bond motifs is 1. The maximum atomic E-state index is 9.72. The molecular weight excluding hydrogens is 148 g/mol. The Bertz CT molecular complexity index is 137. The summed E-state index contributed by atoms with van der Waals surface area (Å²) in [4.78, 5) is 0. The van der Waals surface area contributed by atoms with Gasteiger partial charge in [0.05, 0.1) is 6.10 Å². The highest BCUT2D eigenvalue weighted by Gasteiger charge is 2.34. The lowest BCUT2D eigenvalue weighted by molar-refractivity contribution is 0.00710. The smallest absolute Gasteiger partial charge is 0.0568 e. The van der Waals surface area contributed by atoms with E-state index in [1.165, 1.54) is 32.1 Å². The van der Waals surface area contributed by atoms with Crippen molar-refractivity contribution < 1.29 is 5.11 Å². The first kappa shape index (κ1) is 8.55. The molecule has 0 saturated heterocycles. The van der Waals surface area contributed by atoms with Gasteiger partial charge in [-0.2, -0.15) is 0 Å². The number of hydrogen-bond acceptors (Lipinski definition) is 1. The number of hydrogen-bond donors (Lipinski definition) is 1. The number of rotatable bonds is 0. The Labute approximate surface area is 75.2 Å². The van der Waals surface area contributed by atoms with Gasteiger partial charge >= 0.3 is 0 Å². The summed E-state index contributed by atoms with van der Waals surface area (Å²) in [6, 6.07) is 0. The van der Waals surface area contributed by atoms with Crippen molar-refractivity contribution in [3.8, 4) is 0 Å². The predicted molar refractivity (Wildman–Crippen MR) is 49.9 cm³/mol. The summed E-state index contributed by atoms with van der Waals surface area (Å²) in [5.41, 5.74) is 0. The molecule has 0 aromatic rings. The second-order valence-corrected chi connectivity index (χ2v) is 4.82. The highest BCUT2D eigenvalue weighted by atomic mass is 16.3. The summed E-state index contributed by atoms with van der Waals surface area (Å²) in [6.07, 6.45) is 8.03. The van der Waals surface area contributed by atoms with Crippen molar-refractivity contribution in [1.82, 2.24) is 0 Å². The molecule has 0 bridgehead atoms. The molecule has 70 valence electrons. The molecule has 1 N–H and O–H groups in total. The average molecular weight is 168 g/mol. The largest absolute Gasteiger partial charge is 0.393 e. The third-order valence-corrected chi connectivity index (χ3v) is 3.94. The molecule has 2 saturated carbocycles. The minimum atomic E-state index is 0.00403. The molecule has 2 aliphatic carbocycles. The summed E-state index contributed by atoms with van der Waals surface area (Å²) >= 11 is 0. The van der Waals surface area contributed by atoms with E-state index in [0.717, 1.165) is 18.3 Å². The SMILES string of the molecule is C[C@@H]1C[C@H]2CCCC[C@@H]2C[C@@H]1O. The molecule has 2 fully saturated rings. The van der Waals surface area contributed by atoms with Crippen LogP contribution in [0.2, 0.25) is 0 Å². The van der Waals surface area contributed by atoms with Crippen molar-refractivity contribution in [1.29, 1.82) is 0 Å². The Balaban J connectivity index is 1.98. The molecule has 1 heteroatoms. The summed E-state index contributed by atoms with van der Waals surface area (Å²) in [5.74, 6) is 2.38. The first-order valence-electron chi connectivity index (χ1n) is 5.45. The monoisotopic (exact) mass is 168 g/mol. The second kappa shape index (κ2) is 3.37. The maximum absolute atomic E-state index is 9.72. The van der Waals surface area contributed by atoms with E-state index in [1.54, 1.807) is 0 Å². The van der Waals surface area contributed by atoms with Crippen LogP contribution in [0.25, 0.3) is 0 Å². The van der Waals surface area contributed by atoms with E-state index in [9.17, 15) is 5.11 Å². The second-order valence-electron chi connectivity index (χ2n) is 4.82. The molecule has 0 heterocycles. The first-order valence-corrected chi connectivity index (χ1v) is 5.45. The van der Waals surface area contributed by atoms with Crippen molar-refractivity contribution in [2.45, 2.75) is 51.6 Å². The molecule has 2 aliphatic rings. The topological polar surface area (TPSA) is 20.2 Å². The zero-order valence-corrected chi connectivity index (χ0v) is 8.00. The average Bonchev–Trinajstić information content (AvgIpc) is 2.07. The van der Waals surface area contributed by atoms with Crippen LogP contribution in [0.4, 0.5) is 0 Å². The van der Waals surface area contributed by atoms with Crippen LogP contribution < -0.4 is 0 Å². The van der Waals surface area contributed by atoms with Crippen molar-refractivity contribution in [3.05, 3.63) is 0 Å². The van der Waals surface area contributed by atoms with E-state index in [0.29, 0.717) is 5.92 Å². The van der Waals surface area contributed by atoms with Crippen LogP contribution in [0.15, 0.2) is 0 Å². The first-order chi connectivity index (χ1) is 5.77. The van der Waals surface area contributed by atoms with Crippen molar-refractivity contribution in [2.75, 3.05) is 0 Å². The van der Waals surface area contributed by atoms with Gasteiger partial charge in [-0.3, -0.25) is 0 Å². The van der Waals surface area contributed by atoms with Crippen molar-refractivity contribution in [3.63, 3.8) is 0 Å². The third kappa shape index (κ3) is 1.52. The Morgan fingerprint density at radius 2 is 1.58 bits per heavy atom. The van der Waals surface area contributed by atoms with Gasteiger partial charge in [0, 0.05) is 0 Å². The standard InChI is InChI=1S/C11H20O/c1-8-6-9-4-2-3-5-10(9)7-11(8)12/h8-12H,2-7H2,1H3/t8-,9-,10-,11+/m1/s1. The molecule has 12 heavy (non-hydrogen) atoms. The van der Waals surface area contributed by atoms with Gasteiger partial charge in [-0.15, -0.1) is 0 Å². The van der Waals surface area contributed by atoms with Crippen molar-refractivity contribution >= 4 is 0 Å². The fourth-order valence-corrected chi connectivity index (χ4v) is 3.08. The molecule has 0 amide bonds. The summed E-state index contributed by atoms with van der Waals surface area (Å²) < 4.78 is 0. The predicted octanol–water partition coefficient (Wildman–Crippen LogP) is 2.58. The molecular formula is C11H20O. The lowest BCUT2D eigenvalue weighted by atomic mass is 9.67. The highest BCUT2D eigenvalue weighted by Crippen LogP contribution is 2.42. The van der Waals surface area contributed by atoms with E-state index in [-0.39, 0.29) is 6.10 Å². The van der Waals surface area contributed by atoms with Gasteiger partial charge in [-0.05, 0) is 30.6 Å². The van der Waals surface area contributed by atoms with Crippen LogP contribution in [-0.2, 0) is 0 Å². The summed E-state index contributed by atoms with van der Waals surface area (Å²) in [6.45, 7) is 2.20. The molecule has 0 unspecified atom stereocenters. The third-order valence-electron chi connectivity index (χ3n) is 3.94. The normalized spacial score (nSPS) is 48.5. The summed E-state index contributed by atoms with van der Waals surface area (Å²) in [7, 11) is 0. The minimum Gasteiger partial charge on any atom is -0.393 e. The highest BCUT2D eigenvalue weighted by molar-refractivity contribution is 4.85. The fourth-order valence-electron chi connectivity index (χ4n) is 3.08. The Kier molecular flexibility index (Phi) is 2.40. The molecule has 4 atom stereocenters. The van der Waals surface area contributed by atoms with Crippen LogP contribution in [0.3, 0.4) is 0 Å². The van der Waals surface area contributed by atoms with E-state index in [2.05, 4.69) is 6.92 Å². The van der Waals surface area contributed by atoms with E-state index in [1.807, 2.05) is 0 Å². The van der Waals surface area contributed by atoms with Gasteiger partial charge in [0.25, 0.3) is 0 Å². The Morgan fingerprint density at radius 3 is 2.25 bits per heavy atom. The van der Waals surface area contributed by atoms with Gasteiger partial charge < -0.3 is 5.11 Å². The molecule has 0 radical (unpaired) electrons. The molecule has 2 rings (SSSR count). The van der Waals surface area contributed by atoms with Crippen LogP contribution in [0.5, 0.6) is 0 Å². The van der Waals surface area contributed by atoms with Gasteiger partial charge in [0.2, 0.25) is 0 Å². The van der Waals surface area contributed by atoms with Crippen molar-refractivity contribution in [2.24, 2.45) is 17.8 Å². The quantitative estimate of drug-likeness (QED) is 0.589. The van der Waals surface area contributed by atoms with Gasteiger partial charge in [0.15, 0.2) is 0 Å². The van der Waals surface area contributed by atoms with E-state index < -0.39 is 0 Å². The van der Waals surface area contributed by atoms with E-state index in [4.69, 9.17) is 0 Å². The van der Waals surface area contributed by atoms with E-state index >= 15 is 0 Å². The fraction of sp³-hybridized carbons (Fsp3) is 1.00. The molecule has 0 aromatic heterocycles. The van der Waals surface area contributed by atoms with Crippen LogP contribution >= 0.6 is 0 Å². The molecule has 0 aliphatic heterocycles. The van der Waals surface area contributed by atoms with Gasteiger partial charge in [0.1, 0.15) is 0 Å². The molecule has 1 nitrogen and oxygen atoms in total. The number of aliphatic hydroxyl groups excluding tert-OH is 1. The van der Waals surface area contributed by atoms with Gasteiger partial charge in [-0.25, -0.2) is 0 Å².